The Morgan fingerprint density at radius 1 is 1.17 bits per heavy atom. The largest absolute Gasteiger partial charge is 0.320 e. The van der Waals surface area contributed by atoms with Gasteiger partial charge in [-0.3, -0.25) is 19.5 Å². The summed E-state index contributed by atoms with van der Waals surface area (Å²) in [6.45, 7) is 0. The van der Waals surface area contributed by atoms with Crippen LogP contribution in [0.1, 0.15) is 0 Å². The Hall–Kier alpha value is -2.98. The van der Waals surface area contributed by atoms with Gasteiger partial charge >= 0.3 is 0 Å². The van der Waals surface area contributed by atoms with Gasteiger partial charge in [-0.15, -0.1) is 0 Å². The van der Waals surface area contributed by atoms with Crippen LogP contribution in [0.5, 0.6) is 0 Å². The molecule has 0 aliphatic carbocycles. The first-order valence-corrected chi connectivity index (χ1v) is 7.68. The molecule has 0 aliphatic heterocycles. The number of aromatic nitrogens is 2. The van der Waals surface area contributed by atoms with Crippen molar-refractivity contribution in [3.63, 3.8) is 0 Å². The van der Waals surface area contributed by atoms with Crippen LogP contribution in [0.15, 0.2) is 52.4 Å². The fourth-order valence-electron chi connectivity index (χ4n) is 2.25. The lowest BCUT2D eigenvalue weighted by atomic mass is 10.1. The maximum atomic E-state index is 11.7. The minimum atomic E-state index is -4.70. The number of rotatable bonds is 3. The van der Waals surface area contributed by atoms with E-state index >= 15 is 0 Å². The summed E-state index contributed by atoms with van der Waals surface area (Å²) >= 11 is 0. The maximum Gasteiger partial charge on any atom is 0.300 e. The van der Waals surface area contributed by atoms with E-state index in [4.69, 9.17) is 4.55 Å². The molecule has 0 amide bonds. The average Bonchev–Trinajstić information content (AvgIpc) is 2.98. The van der Waals surface area contributed by atoms with Gasteiger partial charge in [-0.1, -0.05) is 0 Å². The number of hydrogen-bond acceptors (Lipinski definition) is 5. The first-order chi connectivity index (χ1) is 10.8. The van der Waals surface area contributed by atoms with Gasteiger partial charge in [0.15, 0.2) is 4.90 Å². The Labute approximate surface area is 128 Å². The summed E-state index contributed by atoms with van der Waals surface area (Å²) in [5, 5.41) is 11.5. The molecule has 0 saturated heterocycles. The van der Waals surface area contributed by atoms with Gasteiger partial charge in [-0.05, 0) is 24.3 Å². The molecule has 118 valence electrons. The van der Waals surface area contributed by atoms with Crippen molar-refractivity contribution < 1.29 is 17.9 Å². The standard InChI is InChI=1S/C13H9N3O6S/c17-13-12(23(20,21)22)6-8-5-10(15-3-1-2-4-15)11(16(18)19)7-9(8)14-13/h1-7H,(H,14,17)(H,20,21,22). The molecule has 1 aromatic carbocycles. The van der Waals surface area contributed by atoms with Crippen molar-refractivity contribution in [1.82, 2.24) is 9.55 Å². The van der Waals surface area contributed by atoms with Gasteiger partial charge < -0.3 is 9.55 Å². The Kier molecular flexibility index (Phi) is 3.27. The third-order valence-electron chi connectivity index (χ3n) is 3.26. The van der Waals surface area contributed by atoms with Crippen molar-refractivity contribution in [3.05, 3.63) is 63.2 Å². The number of nitrogens with zero attached hydrogens (tertiary/aromatic N) is 2. The van der Waals surface area contributed by atoms with Gasteiger partial charge in [0.25, 0.3) is 21.4 Å². The second-order valence-corrected chi connectivity index (χ2v) is 6.10. The van der Waals surface area contributed by atoms with Crippen LogP contribution in [0.4, 0.5) is 5.69 Å². The zero-order valence-electron chi connectivity index (χ0n) is 11.3. The molecule has 3 aromatic rings. The number of aromatic amines is 1. The smallest absolute Gasteiger partial charge is 0.300 e. The number of hydrogen-bond donors (Lipinski definition) is 2. The van der Waals surface area contributed by atoms with Crippen LogP contribution in [0.25, 0.3) is 16.6 Å². The van der Waals surface area contributed by atoms with Crippen LogP contribution in [0.3, 0.4) is 0 Å². The molecule has 0 atom stereocenters. The van der Waals surface area contributed by atoms with Gasteiger partial charge in [-0.2, -0.15) is 8.42 Å². The van der Waals surface area contributed by atoms with E-state index in [9.17, 15) is 23.3 Å². The van der Waals surface area contributed by atoms with Crippen molar-refractivity contribution in [2.24, 2.45) is 0 Å². The minimum absolute atomic E-state index is 0.0880. The molecule has 0 spiro atoms. The number of pyridine rings is 1. The van der Waals surface area contributed by atoms with Crippen LogP contribution in [0, 0.1) is 10.1 Å². The van der Waals surface area contributed by atoms with Crippen molar-refractivity contribution in [1.29, 1.82) is 0 Å². The lowest BCUT2D eigenvalue weighted by Crippen LogP contribution is -2.16. The lowest BCUT2D eigenvalue weighted by molar-refractivity contribution is -0.384. The number of nitro groups is 1. The van der Waals surface area contributed by atoms with Gasteiger partial charge in [0, 0.05) is 23.8 Å². The summed E-state index contributed by atoms with van der Waals surface area (Å²) in [7, 11) is -4.70. The molecule has 0 bridgehead atoms. The Morgan fingerprint density at radius 3 is 2.39 bits per heavy atom. The Balaban J connectivity index is 2.40. The highest BCUT2D eigenvalue weighted by Crippen LogP contribution is 2.28. The summed E-state index contributed by atoms with van der Waals surface area (Å²) in [5.41, 5.74) is -1.03. The van der Waals surface area contributed by atoms with E-state index < -0.39 is 25.5 Å². The maximum absolute atomic E-state index is 11.7. The second kappa shape index (κ2) is 5.04. The van der Waals surface area contributed by atoms with Crippen LogP contribution < -0.4 is 5.56 Å². The quantitative estimate of drug-likeness (QED) is 0.423. The molecule has 0 aliphatic rings. The first kappa shape index (κ1) is 14.9. The Bertz CT molecular complexity index is 1080. The zero-order valence-corrected chi connectivity index (χ0v) is 12.1. The van der Waals surface area contributed by atoms with Crippen LogP contribution in [-0.4, -0.2) is 27.4 Å². The molecular weight excluding hydrogens is 326 g/mol. The summed E-state index contributed by atoms with van der Waals surface area (Å²) < 4.78 is 33.0. The molecule has 10 heteroatoms. The fourth-order valence-corrected chi connectivity index (χ4v) is 2.81. The molecule has 3 rings (SSSR count). The van der Waals surface area contributed by atoms with E-state index in [-0.39, 0.29) is 22.3 Å². The average molecular weight is 335 g/mol. The van der Waals surface area contributed by atoms with Crippen LogP contribution in [-0.2, 0) is 10.1 Å². The number of fused-ring (bicyclic) bond motifs is 1. The predicted molar refractivity (Wildman–Crippen MR) is 80.4 cm³/mol. The topological polar surface area (TPSA) is 135 Å². The monoisotopic (exact) mass is 335 g/mol. The van der Waals surface area contributed by atoms with Crippen molar-refractivity contribution >= 4 is 26.7 Å². The third-order valence-corrected chi connectivity index (χ3v) is 4.12. The highest BCUT2D eigenvalue weighted by atomic mass is 32.2. The molecule has 9 nitrogen and oxygen atoms in total. The SMILES string of the molecule is O=c1[nH]c2cc([N+](=O)[O-])c(-n3cccc3)cc2cc1S(=O)(=O)O. The molecule has 0 saturated carbocycles. The molecule has 2 heterocycles. The third kappa shape index (κ3) is 2.60. The van der Waals surface area contributed by atoms with Crippen LogP contribution in [0.2, 0.25) is 0 Å². The van der Waals surface area contributed by atoms with E-state index in [1.807, 2.05) is 0 Å². The van der Waals surface area contributed by atoms with Gasteiger partial charge in [-0.25, -0.2) is 0 Å². The fraction of sp³-hybridized carbons (Fsp3) is 0. The van der Waals surface area contributed by atoms with Gasteiger partial charge in [0.1, 0.15) is 5.69 Å². The highest BCUT2D eigenvalue weighted by Gasteiger charge is 2.20. The normalized spacial score (nSPS) is 11.7. The summed E-state index contributed by atoms with van der Waals surface area (Å²) in [6.07, 6.45) is 3.17. The molecule has 23 heavy (non-hydrogen) atoms. The molecular formula is C13H9N3O6S. The minimum Gasteiger partial charge on any atom is -0.320 e. The molecule has 0 unspecified atom stereocenters. The number of H-pyrrole nitrogens is 1. The summed E-state index contributed by atoms with van der Waals surface area (Å²) in [4.78, 5) is 23.7. The summed E-state index contributed by atoms with van der Waals surface area (Å²) in [6, 6.07) is 6.81. The van der Waals surface area contributed by atoms with Gasteiger partial charge in [0.05, 0.1) is 10.4 Å². The number of benzene rings is 1. The van der Waals surface area contributed by atoms with E-state index in [0.29, 0.717) is 0 Å². The molecule has 2 N–H and O–H groups in total. The van der Waals surface area contributed by atoms with E-state index in [0.717, 1.165) is 12.1 Å². The van der Waals surface area contributed by atoms with Crippen LogP contribution >= 0.6 is 0 Å². The first-order valence-electron chi connectivity index (χ1n) is 6.23. The predicted octanol–water partition coefficient (Wildman–Crippen LogP) is 1.47. The van der Waals surface area contributed by atoms with E-state index in [1.54, 1.807) is 24.5 Å². The van der Waals surface area contributed by atoms with Gasteiger partial charge in [0.2, 0.25) is 0 Å². The highest BCUT2D eigenvalue weighted by molar-refractivity contribution is 7.85. The van der Waals surface area contributed by atoms with E-state index in [2.05, 4.69) is 4.98 Å². The van der Waals surface area contributed by atoms with E-state index in [1.165, 1.54) is 10.6 Å². The lowest BCUT2D eigenvalue weighted by Gasteiger charge is -2.07. The Morgan fingerprint density at radius 2 is 1.83 bits per heavy atom. The number of nitro benzene ring substituents is 1. The zero-order chi connectivity index (χ0) is 16.8. The van der Waals surface area contributed by atoms with Crippen molar-refractivity contribution in [2.45, 2.75) is 4.90 Å². The summed E-state index contributed by atoms with van der Waals surface area (Å²) in [5.74, 6) is 0. The second-order valence-electron chi connectivity index (χ2n) is 4.71. The number of nitrogens with one attached hydrogen (secondary N) is 1. The molecule has 0 fully saturated rings. The van der Waals surface area contributed by atoms with Crippen molar-refractivity contribution in [3.8, 4) is 5.69 Å². The molecule has 0 radical (unpaired) electrons. The van der Waals surface area contributed by atoms with Crippen molar-refractivity contribution in [2.75, 3.05) is 0 Å². The molecule has 2 aromatic heterocycles.